The largest absolute Gasteiger partial charge is 0.361 e. The standard InChI is InChI=1S/C11H18N4O3S/c1-3-6-13-11(16)8-15-10-5-4-9(7-14-10)19(17,18)12-2/h4-5,7,12H,3,6,8H2,1-2H3,(H,13,16)(H,14,15). The molecular formula is C11H18N4O3S. The van der Waals surface area contributed by atoms with Crippen molar-refractivity contribution in [1.29, 1.82) is 0 Å². The van der Waals surface area contributed by atoms with Gasteiger partial charge in [0.1, 0.15) is 10.7 Å². The van der Waals surface area contributed by atoms with Crippen LogP contribution < -0.4 is 15.4 Å². The summed E-state index contributed by atoms with van der Waals surface area (Å²) < 4.78 is 25.1. The molecule has 1 rings (SSSR count). The minimum atomic E-state index is -3.48. The van der Waals surface area contributed by atoms with Gasteiger partial charge in [-0.05, 0) is 25.6 Å². The average molecular weight is 286 g/mol. The van der Waals surface area contributed by atoms with Crippen LogP contribution in [0.3, 0.4) is 0 Å². The lowest BCUT2D eigenvalue weighted by Crippen LogP contribution is -2.30. The molecule has 106 valence electrons. The summed E-state index contributed by atoms with van der Waals surface area (Å²) in [6, 6.07) is 2.93. The van der Waals surface area contributed by atoms with E-state index in [9.17, 15) is 13.2 Å². The van der Waals surface area contributed by atoms with E-state index in [1.165, 1.54) is 25.4 Å². The van der Waals surface area contributed by atoms with E-state index in [0.717, 1.165) is 6.42 Å². The van der Waals surface area contributed by atoms with Gasteiger partial charge in [0.05, 0.1) is 6.54 Å². The molecule has 0 bridgehead atoms. The Morgan fingerprint density at radius 1 is 1.37 bits per heavy atom. The summed E-state index contributed by atoms with van der Waals surface area (Å²) in [6.07, 6.45) is 2.11. The molecule has 0 saturated heterocycles. The second kappa shape index (κ2) is 7.05. The van der Waals surface area contributed by atoms with Crippen molar-refractivity contribution in [3.05, 3.63) is 18.3 Å². The summed E-state index contributed by atoms with van der Waals surface area (Å²) in [5.41, 5.74) is 0. The van der Waals surface area contributed by atoms with Crippen LogP contribution in [0, 0.1) is 0 Å². The molecule has 3 N–H and O–H groups in total. The topological polar surface area (TPSA) is 100 Å². The molecule has 0 spiro atoms. The fourth-order valence-electron chi connectivity index (χ4n) is 1.26. The zero-order chi connectivity index (χ0) is 14.3. The van der Waals surface area contributed by atoms with E-state index in [1.54, 1.807) is 0 Å². The van der Waals surface area contributed by atoms with Crippen molar-refractivity contribution in [2.75, 3.05) is 25.5 Å². The molecule has 0 aliphatic rings. The number of pyridine rings is 1. The van der Waals surface area contributed by atoms with Gasteiger partial charge in [0.25, 0.3) is 0 Å². The van der Waals surface area contributed by atoms with Crippen LogP contribution in [-0.2, 0) is 14.8 Å². The summed E-state index contributed by atoms with van der Waals surface area (Å²) in [6.45, 7) is 2.70. The van der Waals surface area contributed by atoms with Gasteiger partial charge in [-0.25, -0.2) is 18.1 Å². The Kier molecular flexibility index (Phi) is 5.71. The quantitative estimate of drug-likeness (QED) is 0.651. The second-order valence-electron chi connectivity index (χ2n) is 3.79. The van der Waals surface area contributed by atoms with E-state index in [1.807, 2.05) is 6.92 Å². The predicted octanol–water partition coefficient (Wildman–Crippen LogP) is -0.0722. The Morgan fingerprint density at radius 3 is 2.63 bits per heavy atom. The van der Waals surface area contributed by atoms with Crippen LogP contribution in [-0.4, -0.2) is 39.4 Å². The zero-order valence-corrected chi connectivity index (χ0v) is 11.8. The van der Waals surface area contributed by atoms with Crippen molar-refractivity contribution in [1.82, 2.24) is 15.0 Å². The van der Waals surface area contributed by atoms with Crippen LogP contribution in [0.5, 0.6) is 0 Å². The number of anilines is 1. The number of aromatic nitrogens is 1. The van der Waals surface area contributed by atoms with Gasteiger partial charge in [-0.1, -0.05) is 6.92 Å². The number of carbonyl (C=O) groups is 1. The molecule has 0 unspecified atom stereocenters. The fourth-order valence-corrected chi connectivity index (χ4v) is 1.93. The minimum absolute atomic E-state index is 0.0796. The summed E-state index contributed by atoms with van der Waals surface area (Å²) >= 11 is 0. The van der Waals surface area contributed by atoms with Crippen molar-refractivity contribution >= 4 is 21.7 Å². The smallest absolute Gasteiger partial charge is 0.241 e. The number of rotatable bonds is 7. The molecule has 1 aromatic heterocycles. The molecule has 0 fully saturated rings. The lowest BCUT2D eigenvalue weighted by Gasteiger charge is -2.07. The van der Waals surface area contributed by atoms with E-state index < -0.39 is 10.0 Å². The highest BCUT2D eigenvalue weighted by molar-refractivity contribution is 7.89. The van der Waals surface area contributed by atoms with Crippen molar-refractivity contribution in [3.63, 3.8) is 0 Å². The monoisotopic (exact) mass is 286 g/mol. The summed E-state index contributed by atoms with van der Waals surface area (Å²) in [7, 11) is -2.14. The molecule has 8 heteroatoms. The minimum Gasteiger partial charge on any atom is -0.361 e. The van der Waals surface area contributed by atoms with E-state index in [-0.39, 0.29) is 17.3 Å². The maximum absolute atomic E-state index is 11.5. The third-order valence-electron chi connectivity index (χ3n) is 2.32. The zero-order valence-electron chi connectivity index (χ0n) is 10.9. The Bertz CT molecular complexity index is 513. The maximum atomic E-state index is 11.5. The second-order valence-corrected chi connectivity index (χ2v) is 5.68. The van der Waals surface area contributed by atoms with Crippen molar-refractivity contribution in [2.45, 2.75) is 18.2 Å². The van der Waals surface area contributed by atoms with Gasteiger partial charge in [0, 0.05) is 12.7 Å². The Morgan fingerprint density at radius 2 is 2.11 bits per heavy atom. The van der Waals surface area contributed by atoms with Gasteiger partial charge in [-0.3, -0.25) is 4.79 Å². The van der Waals surface area contributed by atoms with Crippen molar-refractivity contribution in [3.8, 4) is 0 Å². The van der Waals surface area contributed by atoms with E-state index in [2.05, 4.69) is 20.3 Å². The average Bonchev–Trinajstić information content (AvgIpc) is 2.43. The number of nitrogens with zero attached hydrogens (tertiary/aromatic N) is 1. The lowest BCUT2D eigenvalue weighted by molar-refractivity contribution is -0.119. The van der Waals surface area contributed by atoms with Crippen LogP contribution in [0.15, 0.2) is 23.2 Å². The maximum Gasteiger partial charge on any atom is 0.241 e. The van der Waals surface area contributed by atoms with E-state index in [4.69, 9.17) is 0 Å². The summed E-state index contributed by atoms with van der Waals surface area (Å²) in [4.78, 5) is 15.4. The van der Waals surface area contributed by atoms with Gasteiger partial charge in [-0.2, -0.15) is 0 Å². The third-order valence-corrected chi connectivity index (χ3v) is 3.72. The first-order valence-corrected chi connectivity index (χ1v) is 7.38. The molecule has 1 aromatic rings. The molecule has 1 amide bonds. The lowest BCUT2D eigenvalue weighted by atomic mass is 10.4. The number of hydrogen-bond acceptors (Lipinski definition) is 5. The molecule has 19 heavy (non-hydrogen) atoms. The first-order chi connectivity index (χ1) is 8.99. The van der Waals surface area contributed by atoms with Gasteiger partial charge >= 0.3 is 0 Å². The molecule has 0 radical (unpaired) electrons. The molecule has 1 heterocycles. The highest BCUT2D eigenvalue weighted by Crippen LogP contribution is 2.09. The van der Waals surface area contributed by atoms with Gasteiger partial charge in [-0.15, -0.1) is 0 Å². The van der Waals surface area contributed by atoms with E-state index in [0.29, 0.717) is 12.4 Å². The van der Waals surface area contributed by atoms with Crippen molar-refractivity contribution < 1.29 is 13.2 Å². The van der Waals surface area contributed by atoms with Crippen molar-refractivity contribution in [2.24, 2.45) is 0 Å². The molecule has 7 nitrogen and oxygen atoms in total. The first-order valence-electron chi connectivity index (χ1n) is 5.89. The molecule has 0 atom stereocenters. The highest BCUT2D eigenvalue weighted by Gasteiger charge is 2.11. The number of hydrogen-bond donors (Lipinski definition) is 3. The Balaban J connectivity index is 2.56. The van der Waals surface area contributed by atoms with Gasteiger partial charge < -0.3 is 10.6 Å². The number of carbonyl (C=O) groups excluding carboxylic acids is 1. The number of sulfonamides is 1. The molecule has 0 saturated carbocycles. The summed E-state index contributed by atoms with van der Waals surface area (Å²) in [5, 5.41) is 5.52. The molecule has 0 aromatic carbocycles. The predicted molar refractivity (Wildman–Crippen MR) is 72.3 cm³/mol. The van der Waals surface area contributed by atoms with E-state index >= 15 is 0 Å². The SMILES string of the molecule is CCCNC(=O)CNc1ccc(S(=O)(=O)NC)cn1. The van der Waals surface area contributed by atoms with Crippen LogP contribution in [0.4, 0.5) is 5.82 Å². The van der Waals surface area contributed by atoms with Crippen LogP contribution in [0.2, 0.25) is 0 Å². The molecule has 0 aliphatic heterocycles. The highest BCUT2D eigenvalue weighted by atomic mass is 32.2. The van der Waals surface area contributed by atoms with Crippen LogP contribution in [0.1, 0.15) is 13.3 Å². The number of nitrogens with one attached hydrogen (secondary N) is 3. The fraction of sp³-hybridized carbons (Fsp3) is 0.455. The van der Waals surface area contributed by atoms with Crippen LogP contribution in [0.25, 0.3) is 0 Å². The molecule has 0 aliphatic carbocycles. The molecular weight excluding hydrogens is 268 g/mol. The normalized spacial score (nSPS) is 11.1. The first kappa shape index (κ1) is 15.4. The third kappa shape index (κ3) is 4.84. The number of amides is 1. The Labute approximate surface area is 112 Å². The van der Waals surface area contributed by atoms with Gasteiger partial charge in [0.2, 0.25) is 15.9 Å². The summed E-state index contributed by atoms with van der Waals surface area (Å²) in [5.74, 6) is 0.317. The Hall–Kier alpha value is -1.67. The van der Waals surface area contributed by atoms with Crippen LogP contribution >= 0.6 is 0 Å². The van der Waals surface area contributed by atoms with Gasteiger partial charge in [0.15, 0.2) is 0 Å².